The number of allylic oxidation sites excluding steroid dienone is 1. The van der Waals surface area contributed by atoms with Crippen molar-refractivity contribution in [1.82, 2.24) is 4.57 Å². The number of aromatic nitrogens is 1. The molecule has 6 heteroatoms. The van der Waals surface area contributed by atoms with E-state index in [9.17, 15) is 14.4 Å². The molecule has 1 aromatic heterocycles. The van der Waals surface area contributed by atoms with Crippen molar-refractivity contribution in [3.05, 3.63) is 110 Å². The van der Waals surface area contributed by atoms with E-state index < -0.39 is 11.7 Å². The minimum absolute atomic E-state index is 0.0236. The maximum Gasteiger partial charge on any atom is 0.259 e. The van der Waals surface area contributed by atoms with Gasteiger partial charge in [-0.15, -0.1) is 0 Å². The molecule has 0 aliphatic carbocycles. The third-order valence-electron chi connectivity index (χ3n) is 5.37. The van der Waals surface area contributed by atoms with Crippen LogP contribution in [-0.2, 0) is 6.54 Å². The average Bonchev–Trinajstić information content (AvgIpc) is 2.72. The molecule has 3 aromatic rings. The van der Waals surface area contributed by atoms with Crippen LogP contribution in [0.4, 0.5) is 4.39 Å². The average molecular weight is 401 g/mol. The standard InChI is InChI=1S/C24H20FN3O2/c1-14-7-9-16(10-8-14)13-28-15(2)11-20-22(24(28)29)21(18(12-26)23(27)30-20)17-5-3-4-6-19(17)25/h3-11,21H,13,27H2,1-2H3. The minimum Gasteiger partial charge on any atom is -0.440 e. The summed E-state index contributed by atoms with van der Waals surface area (Å²) in [5.74, 6) is -1.31. The fraction of sp³-hybridized carbons (Fsp3) is 0.167. The van der Waals surface area contributed by atoms with Crippen LogP contribution in [0.2, 0.25) is 0 Å². The highest BCUT2D eigenvalue weighted by atomic mass is 19.1. The number of nitriles is 1. The monoisotopic (exact) mass is 401 g/mol. The third-order valence-corrected chi connectivity index (χ3v) is 5.37. The highest BCUT2D eigenvalue weighted by molar-refractivity contribution is 5.55. The smallest absolute Gasteiger partial charge is 0.259 e. The number of nitrogens with zero attached hydrogens (tertiary/aromatic N) is 2. The summed E-state index contributed by atoms with van der Waals surface area (Å²) in [6.07, 6.45) is 0. The van der Waals surface area contributed by atoms with Crippen LogP contribution in [0.5, 0.6) is 5.75 Å². The van der Waals surface area contributed by atoms with Crippen molar-refractivity contribution in [3.63, 3.8) is 0 Å². The van der Waals surface area contributed by atoms with Crippen LogP contribution in [0.1, 0.15) is 33.9 Å². The van der Waals surface area contributed by atoms with Crippen LogP contribution >= 0.6 is 0 Å². The molecule has 1 atom stereocenters. The molecule has 0 saturated carbocycles. The molecule has 0 amide bonds. The van der Waals surface area contributed by atoms with Crippen molar-refractivity contribution in [2.24, 2.45) is 5.73 Å². The maximum absolute atomic E-state index is 14.7. The second-order valence-electron chi connectivity index (χ2n) is 7.39. The predicted octanol–water partition coefficient (Wildman–Crippen LogP) is 3.87. The lowest BCUT2D eigenvalue weighted by Gasteiger charge is -2.27. The van der Waals surface area contributed by atoms with E-state index in [1.807, 2.05) is 37.3 Å². The number of fused-ring (bicyclic) bond motifs is 1. The molecule has 2 aromatic carbocycles. The Hall–Kier alpha value is -3.85. The van der Waals surface area contributed by atoms with Crippen LogP contribution < -0.4 is 16.0 Å². The van der Waals surface area contributed by atoms with E-state index in [0.717, 1.165) is 11.1 Å². The lowest BCUT2D eigenvalue weighted by Crippen LogP contribution is -2.33. The summed E-state index contributed by atoms with van der Waals surface area (Å²) in [5, 5.41) is 9.69. The van der Waals surface area contributed by atoms with E-state index in [2.05, 4.69) is 0 Å². The zero-order valence-electron chi connectivity index (χ0n) is 16.6. The van der Waals surface area contributed by atoms with Crippen LogP contribution in [-0.4, -0.2) is 4.57 Å². The van der Waals surface area contributed by atoms with Gasteiger partial charge in [0.1, 0.15) is 23.2 Å². The lowest BCUT2D eigenvalue weighted by molar-refractivity contribution is 0.387. The maximum atomic E-state index is 14.7. The van der Waals surface area contributed by atoms with Crippen molar-refractivity contribution in [2.75, 3.05) is 0 Å². The molecule has 1 aliphatic heterocycles. The molecular formula is C24H20FN3O2. The van der Waals surface area contributed by atoms with Gasteiger partial charge in [-0.3, -0.25) is 4.79 Å². The first-order valence-electron chi connectivity index (χ1n) is 9.52. The molecule has 150 valence electrons. The predicted molar refractivity (Wildman–Crippen MR) is 111 cm³/mol. The Labute approximate surface area is 173 Å². The molecule has 0 fully saturated rings. The SMILES string of the molecule is Cc1ccc(Cn2c(C)cc3c(c2=O)C(c2ccccc2F)C(C#N)=C(N)O3)cc1. The van der Waals surface area contributed by atoms with Crippen molar-refractivity contribution >= 4 is 0 Å². The summed E-state index contributed by atoms with van der Waals surface area (Å²) in [6.45, 7) is 4.15. The van der Waals surface area contributed by atoms with E-state index in [-0.39, 0.29) is 33.9 Å². The molecule has 4 rings (SSSR count). The topological polar surface area (TPSA) is 81.0 Å². The van der Waals surface area contributed by atoms with Crippen LogP contribution in [0.3, 0.4) is 0 Å². The summed E-state index contributed by atoms with van der Waals surface area (Å²) >= 11 is 0. The molecule has 30 heavy (non-hydrogen) atoms. The fourth-order valence-electron chi connectivity index (χ4n) is 3.78. The number of aryl methyl sites for hydroxylation is 2. The molecule has 0 radical (unpaired) electrons. The van der Waals surface area contributed by atoms with E-state index in [4.69, 9.17) is 10.5 Å². The summed E-state index contributed by atoms with van der Waals surface area (Å²) in [4.78, 5) is 13.6. The Kier molecular flexibility index (Phi) is 4.88. The molecule has 0 saturated heterocycles. The Bertz CT molecular complexity index is 1270. The summed E-state index contributed by atoms with van der Waals surface area (Å²) < 4.78 is 21.9. The lowest BCUT2D eigenvalue weighted by atomic mass is 9.83. The first kappa shape index (κ1) is 19.5. The highest BCUT2D eigenvalue weighted by Gasteiger charge is 2.35. The number of pyridine rings is 1. The number of benzene rings is 2. The number of nitrogens with two attached hydrogens (primary N) is 1. The molecule has 2 heterocycles. The Morgan fingerprint density at radius 2 is 1.87 bits per heavy atom. The number of hydrogen-bond donors (Lipinski definition) is 1. The van der Waals surface area contributed by atoms with Gasteiger partial charge in [0.2, 0.25) is 5.88 Å². The largest absolute Gasteiger partial charge is 0.440 e. The summed E-state index contributed by atoms with van der Waals surface area (Å²) in [5.41, 5.74) is 8.84. The highest BCUT2D eigenvalue weighted by Crippen LogP contribution is 2.41. The summed E-state index contributed by atoms with van der Waals surface area (Å²) in [6, 6.07) is 17.7. The summed E-state index contributed by atoms with van der Waals surface area (Å²) in [7, 11) is 0. The Morgan fingerprint density at radius 3 is 2.53 bits per heavy atom. The van der Waals surface area contributed by atoms with Gasteiger partial charge < -0.3 is 15.0 Å². The van der Waals surface area contributed by atoms with Gasteiger partial charge in [0.05, 0.1) is 18.0 Å². The van der Waals surface area contributed by atoms with Gasteiger partial charge in [-0.2, -0.15) is 5.26 Å². The van der Waals surface area contributed by atoms with E-state index in [0.29, 0.717) is 12.2 Å². The second kappa shape index (κ2) is 7.53. The molecule has 1 unspecified atom stereocenters. The molecule has 5 nitrogen and oxygen atoms in total. The number of ether oxygens (including phenoxy) is 1. The second-order valence-corrected chi connectivity index (χ2v) is 7.39. The number of rotatable bonds is 3. The van der Waals surface area contributed by atoms with Crippen LogP contribution in [0, 0.1) is 31.0 Å². The molecule has 2 N–H and O–H groups in total. The van der Waals surface area contributed by atoms with Gasteiger partial charge in [0.25, 0.3) is 5.56 Å². The molecule has 0 bridgehead atoms. The van der Waals surface area contributed by atoms with Gasteiger partial charge >= 0.3 is 0 Å². The zero-order chi connectivity index (χ0) is 21.4. The number of halogens is 1. The first-order valence-corrected chi connectivity index (χ1v) is 9.52. The normalized spacial score (nSPS) is 15.3. The zero-order valence-corrected chi connectivity index (χ0v) is 16.6. The quantitative estimate of drug-likeness (QED) is 0.722. The van der Waals surface area contributed by atoms with Gasteiger partial charge in [0.15, 0.2) is 0 Å². The molecule has 0 spiro atoms. The van der Waals surface area contributed by atoms with Crippen molar-refractivity contribution < 1.29 is 9.13 Å². The van der Waals surface area contributed by atoms with Crippen molar-refractivity contribution in [1.29, 1.82) is 5.26 Å². The van der Waals surface area contributed by atoms with Gasteiger partial charge in [0, 0.05) is 17.3 Å². The van der Waals surface area contributed by atoms with Gasteiger partial charge in [-0.05, 0) is 25.5 Å². The minimum atomic E-state index is -0.933. The van der Waals surface area contributed by atoms with Crippen molar-refractivity contribution in [2.45, 2.75) is 26.3 Å². The molecule has 1 aliphatic rings. The van der Waals surface area contributed by atoms with Crippen LogP contribution in [0.25, 0.3) is 0 Å². The Morgan fingerprint density at radius 1 is 1.17 bits per heavy atom. The fourth-order valence-corrected chi connectivity index (χ4v) is 3.78. The van der Waals surface area contributed by atoms with E-state index in [1.54, 1.807) is 35.8 Å². The Balaban J connectivity index is 1.93. The van der Waals surface area contributed by atoms with Crippen molar-refractivity contribution in [3.8, 4) is 11.8 Å². The van der Waals surface area contributed by atoms with E-state index >= 15 is 0 Å². The van der Waals surface area contributed by atoms with E-state index in [1.165, 1.54) is 6.07 Å². The van der Waals surface area contributed by atoms with Gasteiger partial charge in [-0.25, -0.2) is 4.39 Å². The number of hydrogen-bond acceptors (Lipinski definition) is 4. The third kappa shape index (κ3) is 3.25. The first-order chi connectivity index (χ1) is 14.4. The van der Waals surface area contributed by atoms with Crippen LogP contribution in [0.15, 0.2) is 70.8 Å². The van der Waals surface area contributed by atoms with Gasteiger partial charge in [-0.1, -0.05) is 48.0 Å². The molecular weight excluding hydrogens is 381 g/mol.